The Hall–Kier alpha value is -0.580. The molecule has 0 aromatic carbocycles. The summed E-state index contributed by atoms with van der Waals surface area (Å²) in [5.74, 6) is -0.331. The van der Waals surface area contributed by atoms with Crippen molar-refractivity contribution in [3.63, 3.8) is 0 Å². The van der Waals surface area contributed by atoms with Gasteiger partial charge in [0.2, 0.25) is 0 Å². The first kappa shape index (κ1) is 15.4. The molecule has 1 atom stereocenters. The highest BCUT2D eigenvalue weighted by Crippen LogP contribution is 2.17. The van der Waals surface area contributed by atoms with Gasteiger partial charge in [-0.3, -0.25) is 0 Å². The second-order valence-corrected chi connectivity index (χ2v) is 4.14. The minimum atomic E-state index is -0.331. The Morgan fingerprint density at radius 2 is 2.31 bits per heavy atom. The third-order valence-electron chi connectivity index (χ3n) is 2.44. The molecule has 0 amide bonds. The Labute approximate surface area is 103 Å². The second-order valence-electron chi connectivity index (χ2n) is 4.14. The Bertz CT molecular complexity index is 250. The number of esters is 1. The predicted octanol–water partition coefficient (Wildman–Crippen LogP) is 1.30. The fourth-order valence-electron chi connectivity index (χ4n) is 1.42. The molecule has 0 aromatic rings. The van der Waals surface area contributed by atoms with E-state index in [4.69, 9.17) is 9.47 Å². The largest absolute Gasteiger partial charge is 0.462 e. The lowest BCUT2D eigenvalue weighted by molar-refractivity contribution is -0.141. The van der Waals surface area contributed by atoms with Gasteiger partial charge in [0.25, 0.3) is 0 Å². The summed E-state index contributed by atoms with van der Waals surface area (Å²) in [6.07, 6.45) is 0.707. The van der Waals surface area contributed by atoms with Crippen molar-refractivity contribution in [3.8, 4) is 0 Å². The molecule has 1 unspecified atom stereocenters. The van der Waals surface area contributed by atoms with Crippen LogP contribution in [-0.4, -0.2) is 37.9 Å². The average molecular weight is 250 g/mol. The van der Waals surface area contributed by atoms with Crippen LogP contribution in [0.1, 0.15) is 20.3 Å². The van der Waals surface area contributed by atoms with Gasteiger partial charge in [-0.2, -0.15) is 0 Å². The summed E-state index contributed by atoms with van der Waals surface area (Å²) in [6.45, 7) is 9.97. The van der Waals surface area contributed by atoms with Crippen LogP contribution in [0.25, 0.3) is 0 Å². The maximum Gasteiger partial charge on any atom is 0.333 e. The average Bonchev–Trinajstić information content (AvgIpc) is 2.18. The SMILES string of the molecule is C=C(C)C(=O)OCCC1(C)CNCCO1.Cl. The third kappa shape index (κ3) is 4.96. The molecular formula is C11H20ClNO3. The third-order valence-corrected chi connectivity index (χ3v) is 2.44. The molecule has 94 valence electrons. The van der Waals surface area contributed by atoms with Crippen molar-refractivity contribution < 1.29 is 14.3 Å². The molecule has 1 aliphatic rings. The molecule has 0 saturated carbocycles. The molecule has 1 heterocycles. The van der Waals surface area contributed by atoms with E-state index in [0.717, 1.165) is 13.1 Å². The van der Waals surface area contributed by atoms with Gasteiger partial charge in [0.05, 0.1) is 18.8 Å². The lowest BCUT2D eigenvalue weighted by atomic mass is 10.0. The molecule has 0 spiro atoms. The fraction of sp³-hybridized carbons (Fsp3) is 0.727. The molecule has 0 bridgehead atoms. The molecule has 0 aromatic heterocycles. The van der Waals surface area contributed by atoms with Gasteiger partial charge in [0.1, 0.15) is 0 Å². The van der Waals surface area contributed by atoms with Gasteiger partial charge in [-0.05, 0) is 13.8 Å². The lowest BCUT2D eigenvalue weighted by Crippen LogP contribution is -2.48. The molecule has 1 fully saturated rings. The van der Waals surface area contributed by atoms with Crippen molar-refractivity contribution in [2.45, 2.75) is 25.9 Å². The Balaban J connectivity index is 0.00000225. The molecule has 1 aliphatic heterocycles. The first-order valence-corrected chi connectivity index (χ1v) is 5.21. The summed E-state index contributed by atoms with van der Waals surface area (Å²) >= 11 is 0. The first-order valence-electron chi connectivity index (χ1n) is 5.21. The Morgan fingerprint density at radius 1 is 1.62 bits per heavy atom. The van der Waals surface area contributed by atoms with Gasteiger partial charge in [-0.1, -0.05) is 6.58 Å². The smallest absolute Gasteiger partial charge is 0.333 e. The number of nitrogens with one attached hydrogen (secondary N) is 1. The van der Waals surface area contributed by atoms with E-state index in [0.29, 0.717) is 25.2 Å². The zero-order valence-corrected chi connectivity index (χ0v) is 10.7. The molecule has 4 nitrogen and oxygen atoms in total. The van der Waals surface area contributed by atoms with E-state index in [2.05, 4.69) is 11.9 Å². The van der Waals surface area contributed by atoms with Crippen LogP contribution in [0.15, 0.2) is 12.2 Å². The lowest BCUT2D eigenvalue weighted by Gasteiger charge is -2.34. The van der Waals surface area contributed by atoms with Gasteiger partial charge in [-0.15, -0.1) is 12.4 Å². The van der Waals surface area contributed by atoms with Crippen LogP contribution >= 0.6 is 12.4 Å². The maximum atomic E-state index is 11.1. The second kappa shape index (κ2) is 6.89. The van der Waals surface area contributed by atoms with Crippen molar-refractivity contribution in [1.29, 1.82) is 0 Å². The zero-order valence-electron chi connectivity index (χ0n) is 9.88. The van der Waals surface area contributed by atoms with Crippen molar-refractivity contribution >= 4 is 18.4 Å². The van der Waals surface area contributed by atoms with Crippen LogP contribution < -0.4 is 5.32 Å². The van der Waals surface area contributed by atoms with Gasteiger partial charge in [0, 0.05) is 25.1 Å². The van der Waals surface area contributed by atoms with E-state index in [1.165, 1.54) is 0 Å². The monoisotopic (exact) mass is 249 g/mol. The number of ether oxygens (including phenoxy) is 2. The summed E-state index contributed by atoms with van der Waals surface area (Å²) in [4.78, 5) is 11.1. The van der Waals surface area contributed by atoms with Crippen LogP contribution in [-0.2, 0) is 14.3 Å². The summed E-state index contributed by atoms with van der Waals surface area (Å²) < 4.78 is 10.7. The van der Waals surface area contributed by atoms with Crippen molar-refractivity contribution in [1.82, 2.24) is 5.32 Å². The van der Waals surface area contributed by atoms with Gasteiger partial charge in [-0.25, -0.2) is 4.79 Å². The molecule has 1 saturated heterocycles. The molecule has 16 heavy (non-hydrogen) atoms. The van der Waals surface area contributed by atoms with Crippen LogP contribution in [0.4, 0.5) is 0 Å². The zero-order chi connectivity index (χ0) is 11.3. The van der Waals surface area contributed by atoms with Crippen LogP contribution in [0.2, 0.25) is 0 Å². The van der Waals surface area contributed by atoms with Gasteiger partial charge < -0.3 is 14.8 Å². The fourth-order valence-corrected chi connectivity index (χ4v) is 1.42. The molecular weight excluding hydrogens is 230 g/mol. The number of halogens is 1. The number of rotatable bonds is 4. The number of morpholine rings is 1. The standard InChI is InChI=1S/C11H19NO3.ClH/c1-9(2)10(13)14-6-4-11(3)8-12-5-7-15-11;/h12H,1,4-8H2,2-3H3;1H. The van der Waals surface area contributed by atoms with Crippen LogP contribution in [0.5, 0.6) is 0 Å². The molecule has 0 radical (unpaired) electrons. The maximum absolute atomic E-state index is 11.1. The highest BCUT2D eigenvalue weighted by molar-refractivity contribution is 5.86. The molecule has 5 heteroatoms. The summed E-state index contributed by atoms with van der Waals surface area (Å²) in [6, 6.07) is 0. The van der Waals surface area contributed by atoms with E-state index < -0.39 is 0 Å². The van der Waals surface area contributed by atoms with Crippen molar-refractivity contribution in [2.24, 2.45) is 0 Å². The quantitative estimate of drug-likeness (QED) is 0.603. The van der Waals surface area contributed by atoms with Crippen molar-refractivity contribution in [3.05, 3.63) is 12.2 Å². The molecule has 1 rings (SSSR count). The van der Waals surface area contributed by atoms with Crippen LogP contribution in [0.3, 0.4) is 0 Å². The highest BCUT2D eigenvalue weighted by Gasteiger charge is 2.27. The number of carbonyl (C=O) groups is 1. The number of hydrogen-bond donors (Lipinski definition) is 1. The molecule has 0 aliphatic carbocycles. The van der Waals surface area contributed by atoms with E-state index in [1.807, 2.05) is 6.92 Å². The van der Waals surface area contributed by atoms with Gasteiger partial charge >= 0.3 is 5.97 Å². The van der Waals surface area contributed by atoms with E-state index >= 15 is 0 Å². The number of hydrogen-bond acceptors (Lipinski definition) is 4. The van der Waals surface area contributed by atoms with E-state index in [-0.39, 0.29) is 24.0 Å². The first-order chi connectivity index (χ1) is 7.03. The topological polar surface area (TPSA) is 47.6 Å². The minimum Gasteiger partial charge on any atom is -0.462 e. The van der Waals surface area contributed by atoms with Crippen LogP contribution in [0, 0.1) is 0 Å². The Morgan fingerprint density at radius 3 is 2.81 bits per heavy atom. The van der Waals surface area contributed by atoms with Crippen molar-refractivity contribution in [2.75, 3.05) is 26.3 Å². The number of carbonyl (C=O) groups excluding carboxylic acids is 1. The van der Waals surface area contributed by atoms with E-state index in [9.17, 15) is 4.79 Å². The van der Waals surface area contributed by atoms with E-state index in [1.54, 1.807) is 6.92 Å². The summed E-state index contributed by atoms with van der Waals surface area (Å²) in [7, 11) is 0. The normalized spacial score (nSPS) is 24.4. The molecule has 1 N–H and O–H groups in total. The summed E-state index contributed by atoms with van der Waals surface area (Å²) in [5, 5.41) is 3.25. The highest BCUT2D eigenvalue weighted by atomic mass is 35.5. The summed E-state index contributed by atoms with van der Waals surface area (Å²) in [5.41, 5.74) is 0.219. The van der Waals surface area contributed by atoms with Gasteiger partial charge in [0.15, 0.2) is 0 Å². The Kier molecular flexibility index (Phi) is 6.64. The minimum absolute atomic E-state index is 0. The predicted molar refractivity (Wildman–Crippen MR) is 64.9 cm³/mol.